The molecule has 3 N–H and O–H groups in total. The van der Waals surface area contributed by atoms with Gasteiger partial charge in [-0.1, -0.05) is 0 Å². The summed E-state index contributed by atoms with van der Waals surface area (Å²) < 4.78 is 41.2. The van der Waals surface area contributed by atoms with E-state index in [1.165, 1.54) is 0 Å². The van der Waals surface area contributed by atoms with Gasteiger partial charge in [0.15, 0.2) is 0 Å². The number of morpholine rings is 1. The van der Waals surface area contributed by atoms with Gasteiger partial charge in [-0.15, -0.1) is 0 Å². The largest absolute Gasteiger partial charge is 0.441 e. The number of hydrogen-bond donors (Lipinski definition) is 2. The minimum absolute atomic E-state index is 0.0254. The first-order chi connectivity index (χ1) is 9.94. The van der Waals surface area contributed by atoms with Crippen LogP contribution in [0, 0.1) is 0 Å². The Morgan fingerprint density at radius 2 is 1.95 bits per heavy atom. The van der Waals surface area contributed by atoms with Crippen LogP contribution in [0.2, 0.25) is 0 Å². The van der Waals surface area contributed by atoms with Gasteiger partial charge in [0.25, 0.3) is 0 Å². The van der Waals surface area contributed by atoms with Gasteiger partial charge in [0.1, 0.15) is 0 Å². The molecule has 2 heterocycles. The highest BCUT2D eigenvalue weighted by Crippen LogP contribution is 2.29. The van der Waals surface area contributed by atoms with Crippen molar-refractivity contribution in [3.63, 3.8) is 0 Å². The second-order valence-corrected chi connectivity index (χ2v) is 5.30. The molecule has 1 aliphatic rings. The van der Waals surface area contributed by atoms with Crippen molar-refractivity contribution in [2.75, 3.05) is 54.6 Å². The standard InChI is InChI=1S/C10H15F3N6OS/c11-10(12,13)21-6-1-15-8-16-7(14)17-9(18-8)19-2-4-20-5-3-19/h1-6H2,(H3,14,15,16,17,18). The van der Waals surface area contributed by atoms with Crippen LogP contribution in [0.25, 0.3) is 0 Å². The Hall–Kier alpha value is -1.49. The highest BCUT2D eigenvalue weighted by atomic mass is 32.2. The van der Waals surface area contributed by atoms with E-state index in [1.54, 1.807) is 0 Å². The molecule has 0 radical (unpaired) electrons. The maximum Gasteiger partial charge on any atom is 0.441 e. The third-order valence-corrected chi connectivity index (χ3v) is 3.32. The number of rotatable bonds is 5. The topological polar surface area (TPSA) is 89.2 Å². The molecule has 2 rings (SSSR count). The summed E-state index contributed by atoms with van der Waals surface area (Å²) in [6, 6.07) is 0. The van der Waals surface area contributed by atoms with Gasteiger partial charge in [-0.2, -0.15) is 28.1 Å². The monoisotopic (exact) mass is 324 g/mol. The van der Waals surface area contributed by atoms with Gasteiger partial charge >= 0.3 is 5.51 Å². The molecule has 11 heteroatoms. The van der Waals surface area contributed by atoms with Crippen LogP contribution in [-0.2, 0) is 4.74 Å². The predicted octanol–water partition coefficient (Wildman–Crippen LogP) is 0.955. The van der Waals surface area contributed by atoms with E-state index in [4.69, 9.17) is 10.5 Å². The molecule has 0 atom stereocenters. The predicted molar refractivity (Wildman–Crippen MR) is 74.3 cm³/mol. The fraction of sp³-hybridized carbons (Fsp3) is 0.700. The van der Waals surface area contributed by atoms with Crippen molar-refractivity contribution in [1.82, 2.24) is 15.0 Å². The normalized spacial score (nSPS) is 16.0. The van der Waals surface area contributed by atoms with Crippen LogP contribution in [-0.4, -0.2) is 59.1 Å². The number of nitrogen functional groups attached to an aromatic ring is 1. The lowest BCUT2D eigenvalue weighted by molar-refractivity contribution is -0.0327. The molecule has 1 aromatic heterocycles. The SMILES string of the molecule is Nc1nc(NCCSC(F)(F)F)nc(N2CCOCC2)n1. The minimum Gasteiger partial charge on any atom is -0.378 e. The third-order valence-electron chi connectivity index (χ3n) is 2.59. The molecule has 0 saturated carbocycles. The second kappa shape index (κ2) is 6.98. The van der Waals surface area contributed by atoms with E-state index >= 15 is 0 Å². The summed E-state index contributed by atoms with van der Waals surface area (Å²) in [6.07, 6.45) is 0. The Morgan fingerprint density at radius 3 is 2.62 bits per heavy atom. The zero-order chi connectivity index (χ0) is 15.3. The van der Waals surface area contributed by atoms with Gasteiger partial charge in [0.05, 0.1) is 13.2 Å². The summed E-state index contributed by atoms with van der Waals surface area (Å²) >= 11 is -0.103. The molecule has 0 aliphatic carbocycles. The molecule has 118 valence electrons. The fourth-order valence-corrected chi connectivity index (χ4v) is 2.13. The average Bonchev–Trinajstić information content (AvgIpc) is 2.43. The van der Waals surface area contributed by atoms with E-state index in [9.17, 15) is 13.2 Å². The number of halogens is 3. The Bertz CT molecular complexity index is 469. The molecule has 0 bridgehead atoms. The summed E-state index contributed by atoms with van der Waals surface area (Å²) in [5, 5.41) is 2.72. The number of ether oxygens (including phenoxy) is 1. The van der Waals surface area contributed by atoms with Crippen molar-refractivity contribution in [2.45, 2.75) is 5.51 Å². The van der Waals surface area contributed by atoms with Crippen LogP contribution in [0.1, 0.15) is 0 Å². The smallest absolute Gasteiger partial charge is 0.378 e. The van der Waals surface area contributed by atoms with Crippen LogP contribution in [0.3, 0.4) is 0 Å². The molecule has 1 aliphatic heterocycles. The number of hydrogen-bond acceptors (Lipinski definition) is 8. The molecule has 21 heavy (non-hydrogen) atoms. The van der Waals surface area contributed by atoms with Gasteiger partial charge < -0.3 is 20.7 Å². The van der Waals surface area contributed by atoms with E-state index in [0.29, 0.717) is 32.3 Å². The molecule has 7 nitrogen and oxygen atoms in total. The maximum atomic E-state index is 12.0. The highest BCUT2D eigenvalue weighted by molar-refractivity contribution is 8.00. The van der Waals surface area contributed by atoms with Gasteiger partial charge in [-0.05, 0) is 11.8 Å². The zero-order valence-corrected chi connectivity index (χ0v) is 11.9. The first-order valence-electron chi connectivity index (χ1n) is 6.23. The summed E-state index contributed by atoms with van der Waals surface area (Å²) in [4.78, 5) is 13.9. The molecule has 1 fully saturated rings. The molecule has 0 amide bonds. The number of nitrogens with two attached hydrogens (primary N) is 1. The van der Waals surface area contributed by atoms with Crippen LogP contribution in [0.5, 0.6) is 0 Å². The third kappa shape index (κ3) is 5.42. The quantitative estimate of drug-likeness (QED) is 0.774. The highest BCUT2D eigenvalue weighted by Gasteiger charge is 2.27. The maximum absolute atomic E-state index is 12.0. The fourth-order valence-electron chi connectivity index (χ4n) is 1.69. The molecule has 1 saturated heterocycles. The van der Waals surface area contributed by atoms with Crippen LogP contribution >= 0.6 is 11.8 Å². The van der Waals surface area contributed by atoms with Crippen molar-refractivity contribution in [3.8, 4) is 0 Å². The summed E-state index contributed by atoms with van der Waals surface area (Å²) in [5.74, 6) is 0.461. The van der Waals surface area contributed by atoms with Gasteiger partial charge in [0.2, 0.25) is 17.8 Å². The van der Waals surface area contributed by atoms with E-state index in [1.807, 2.05) is 4.90 Å². The van der Waals surface area contributed by atoms with E-state index < -0.39 is 5.51 Å². The van der Waals surface area contributed by atoms with E-state index in [0.717, 1.165) is 0 Å². The first kappa shape index (κ1) is 15.9. The van der Waals surface area contributed by atoms with Crippen molar-refractivity contribution in [1.29, 1.82) is 0 Å². The van der Waals surface area contributed by atoms with Crippen LogP contribution in [0.15, 0.2) is 0 Å². The Morgan fingerprint density at radius 1 is 1.24 bits per heavy atom. The number of thioether (sulfide) groups is 1. The lowest BCUT2D eigenvalue weighted by Crippen LogP contribution is -2.37. The van der Waals surface area contributed by atoms with Crippen LogP contribution < -0.4 is 16.0 Å². The van der Waals surface area contributed by atoms with E-state index in [2.05, 4.69) is 20.3 Å². The first-order valence-corrected chi connectivity index (χ1v) is 7.21. The number of nitrogens with one attached hydrogen (secondary N) is 1. The van der Waals surface area contributed by atoms with Gasteiger partial charge in [-0.3, -0.25) is 0 Å². The lowest BCUT2D eigenvalue weighted by atomic mass is 10.4. The molecule has 1 aromatic rings. The molecular weight excluding hydrogens is 309 g/mol. The summed E-state index contributed by atoms with van der Waals surface area (Å²) in [6.45, 7) is 2.48. The number of aromatic nitrogens is 3. The molecule has 0 spiro atoms. The van der Waals surface area contributed by atoms with Crippen LogP contribution in [0.4, 0.5) is 31.0 Å². The van der Waals surface area contributed by atoms with Crippen molar-refractivity contribution in [3.05, 3.63) is 0 Å². The van der Waals surface area contributed by atoms with Gasteiger partial charge in [-0.25, -0.2) is 0 Å². The number of alkyl halides is 3. The molecule has 0 aromatic carbocycles. The number of anilines is 3. The van der Waals surface area contributed by atoms with Crippen molar-refractivity contribution < 1.29 is 17.9 Å². The zero-order valence-electron chi connectivity index (χ0n) is 11.1. The average molecular weight is 324 g/mol. The molecular formula is C10H15F3N6OS. The minimum atomic E-state index is -4.24. The van der Waals surface area contributed by atoms with Crippen molar-refractivity contribution in [2.24, 2.45) is 0 Å². The Kier molecular flexibility index (Phi) is 5.28. The van der Waals surface area contributed by atoms with E-state index in [-0.39, 0.29) is 36.0 Å². The lowest BCUT2D eigenvalue weighted by Gasteiger charge is -2.26. The number of nitrogens with zero attached hydrogens (tertiary/aromatic N) is 4. The summed E-state index contributed by atoms with van der Waals surface area (Å²) in [5.41, 5.74) is 1.36. The second-order valence-electron chi connectivity index (χ2n) is 4.14. The molecule has 0 unspecified atom stereocenters. The Balaban J connectivity index is 1.92. The Labute approximate surface area is 123 Å². The van der Waals surface area contributed by atoms with Crippen molar-refractivity contribution >= 4 is 29.6 Å². The summed E-state index contributed by atoms with van der Waals surface area (Å²) in [7, 11) is 0. The van der Waals surface area contributed by atoms with Gasteiger partial charge in [0, 0.05) is 25.4 Å².